The molecule has 1 N–H and O–H groups in total. The van der Waals surface area contributed by atoms with Gasteiger partial charge >= 0.3 is 0 Å². The summed E-state index contributed by atoms with van der Waals surface area (Å²) < 4.78 is 5.36. The number of halogens is 1. The van der Waals surface area contributed by atoms with Crippen LogP contribution >= 0.6 is 24.0 Å². The van der Waals surface area contributed by atoms with E-state index >= 15 is 0 Å². The number of hydrogen-bond acceptors (Lipinski definition) is 2. The van der Waals surface area contributed by atoms with Gasteiger partial charge < -0.3 is 15.0 Å². The molecule has 0 radical (unpaired) electrons. The van der Waals surface area contributed by atoms with Crippen LogP contribution < -0.4 is 5.32 Å². The second-order valence-electron chi connectivity index (χ2n) is 5.23. The topological polar surface area (TPSA) is 36.9 Å². The Bertz CT molecular complexity index is 465. The Morgan fingerprint density at radius 1 is 1.27 bits per heavy atom. The molecule has 4 nitrogen and oxygen atoms in total. The van der Waals surface area contributed by atoms with E-state index < -0.39 is 0 Å². The minimum Gasteiger partial charge on any atom is -0.382 e. The Morgan fingerprint density at radius 2 is 2.05 bits per heavy atom. The fraction of sp³-hybridized carbons (Fsp3) is 0.588. The number of nitrogens with zero attached hydrogens (tertiary/aromatic N) is 2. The maximum atomic E-state index is 5.36. The summed E-state index contributed by atoms with van der Waals surface area (Å²) >= 11 is 0. The number of aliphatic imine (C=N–C) groups is 1. The van der Waals surface area contributed by atoms with Gasteiger partial charge in [0.15, 0.2) is 5.96 Å². The number of nitrogens with one attached hydrogen (secondary N) is 1. The number of guanidine groups is 1. The van der Waals surface area contributed by atoms with E-state index in [4.69, 9.17) is 9.73 Å². The molecule has 1 aromatic carbocycles. The summed E-state index contributed by atoms with van der Waals surface area (Å²) in [6, 6.07) is 8.70. The maximum absolute atomic E-state index is 5.36. The van der Waals surface area contributed by atoms with Crippen LogP contribution in [0.1, 0.15) is 31.4 Å². The smallest absolute Gasteiger partial charge is 0.194 e. The van der Waals surface area contributed by atoms with Gasteiger partial charge in [-0.05, 0) is 37.8 Å². The van der Waals surface area contributed by atoms with Crippen molar-refractivity contribution in [3.63, 3.8) is 0 Å². The fourth-order valence-electron chi connectivity index (χ4n) is 2.60. The normalized spacial score (nSPS) is 14.3. The molecule has 1 aliphatic heterocycles. The Hall–Kier alpha value is -0.820. The minimum absolute atomic E-state index is 0. The molecule has 0 bridgehead atoms. The highest BCUT2D eigenvalue weighted by Crippen LogP contribution is 2.18. The first-order valence-electron chi connectivity index (χ1n) is 8.03. The van der Waals surface area contributed by atoms with Gasteiger partial charge in [-0.15, -0.1) is 24.0 Å². The van der Waals surface area contributed by atoms with Gasteiger partial charge in [-0.1, -0.05) is 24.3 Å². The predicted molar refractivity (Wildman–Crippen MR) is 103 cm³/mol. The van der Waals surface area contributed by atoms with Crippen molar-refractivity contribution in [2.75, 3.05) is 32.8 Å². The van der Waals surface area contributed by atoms with Crippen LogP contribution in [0.5, 0.6) is 0 Å². The number of fused-ring (bicyclic) bond motifs is 1. The van der Waals surface area contributed by atoms with E-state index in [2.05, 4.69) is 41.4 Å². The molecule has 0 spiro atoms. The largest absolute Gasteiger partial charge is 0.382 e. The number of hydrogen-bond donors (Lipinski definition) is 1. The molecule has 0 unspecified atom stereocenters. The van der Waals surface area contributed by atoms with Gasteiger partial charge in [0.05, 0.1) is 0 Å². The summed E-state index contributed by atoms with van der Waals surface area (Å²) in [7, 11) is 0. The third-order valence-electron chi connectivity index (χ3n) is 3.68. The van der Waals surface area contributed by atoms with Crippen molar-refractivity contribution in [2.24, 2.45) is 4.99 Å². The summed E-state index contributed by atoms with van der Waals surface area (Å²) in [5.74, 6) is 1.03. The molecule has 5 heteroatoms. The molecule has 0 aromatic heterocycles. The lowest BCUT2D eigenvalue weighted by Crippen LogP contribution is -2.44. The Kier molecular flexibility index (Phi) is 9.47. The van der Waals surface area contributed by atoms with E-state index in [0.29, 0.717) is 0 Å². The van der Waals surface area contributed by atoms with Crippen LogP contribution in [0.25, 0.3) is 0 Å². The summed E-state index contributed by atoms with van der Waals surface area (Å²) in [6.07, 6.45) is 2.08. The maximum Gasteiger partial charge on any atom is 0.194 e. The summed E-state index contributed by atoms with van der Waals surface area (Å²) in [4.78, 5) is 7.09. The highest BCUT2D eigenvalue weighted by atomic mass is 127. The van der Waals surface area contributed by atoms with Crippen LogP contribution in [0.2, 0.25) is 0 Å². The van der Waals surface area contributed by atoms with E-state index in [1.54, 1.807) is 0 Å². The Balaban J connectivity index is 0.00000242. The van der Waals surface area contributed by atoms with Gasteiger partial charge in [0.2, 0.25) is 0 Å². The molecule has 0 fully saturated rings. The van der Waals surface area contributed by atoms with Crippen molar-refractivity contribution < 1.29 is 4.74 Å². The first-order valence-corrected chi connectivity index (χ1v) is 8.03. The molecule has 0 amide bonds. The van der Waals surface area contributed by atoms with Crippen molar-refractivity contribution in [1.29, 1.82) is 0 Å². The third-order valence-corrected chi connectivity index (χ3v) is 3.68. The van der Waals surface area contributed by atoms with Crippen LogP contribution in [0, 0.1) is 0 Å². The molecular formula is C17H28IN3O. The average Bonchev–Trinajstić information content (AvgIpc) is 2.53. The van der Waals surface area contributed by atoms with Gasteiger partial charge in [-0.25, -0.2) is 0 Å². The first kappa shape index (κ1) is 19.2. The van der Waals surface area contributed by atoms with E-state index in [0.717, 1.165) is 58.2 Å². The molecule has 0 saturated carbocycles. The third kappa shape index (κ3) is 5.76. The van der Waals surface area contributed by atoms with Crippen molar-refractivity contribution >= 4 is 29.9 Å². The molecule has 124 valence electrons. The van der Waals surface area contributed by atoms with Crippen LogP contribution in [0.4, 0.5) is 0 Å². The lowest BCUT2D eigenvalue weighted by Gasteiger charge is -2.31. The second-order valence-corrected chi connectivity index (χ2v) is 5.23. The minimum atomic E-state index is 0. The first-order chi connectivity index (χ1) is 10.3. The lowest BCUT2D eigenvalue weighted by atomic mass is 10.0. The quantitative estimate of drug-likeness (QED) is 0.335. The number of benzene rings is 1. The van der Waals surface area contributed by atoms with Crippen molar-refractivity contribution in [3.8, 4) is 0 Å². The number of rotatable bonds is 6. The van der Waals surface area contributed by atoms with Crippen LogP contribution in [0.15, 0.2) is 29.3 Å². The monoisotopic (exact) mass is 417 g/mol. The van der Waals surface area contributed by atoms with Gasteiger partial charge in [-0.2, -0.15) is 0 Å². The van der Waals surface area contributed by atoms with Crippen LogP contribution in [-0.2, 0) is 17.7 Å². The van der Waals surface area contributed by atoms with Crippen LogP contribution in [-0.4, -0.2) is 43.7 Å². The standard InChI is InChI=1S/C17H27N3O.HI/c1-3-18-17(19-11-7-13-21-4-2)20-12-10-15-8-5-6-9-16(15)14-20;/h5-6,8-9H,3-4,7,10-14H2,1-2H3,(H,18,19);1H. The SMILES string of the molecule is CCNC(=NCCCOCC)N1CCc2ccccc2C1.I. The summed E-state index contributed by atoms with van der Waals surface area (Å²) in [5.41, 5.74) is 2.89. The Morgan fingerprint density at radius 3 is 2.77 bits per heavy atom. The molecule has 0 aliphatic carbocycles. The van der Waals surface area contributed by atoms with Gasteiger partial charge in [0, 0.05) is 39.4 Å². The average molecular weight is 417 g/mol. The lowest BCUT2D eigenvalue weighted by molar-refractivity contribution is 0.146. The fourth-order valence-corrected chi connectivity index (χ4v) is 2.60. The molecule has 0 saturated heterocycles. The highest BCUT2D eigenvalue weighted by Gasteiger charge is 2.18. The van der Waals surface area contributed by atoms with E-state index in [1.807, 2.05) is 6.92 Å². The van der Waals surface area contributed by atoms with Gasteiger partial charge in [0.25, 0.3) is 0 Å². The second kappa shape index (κ2) is 10.8. The molecule has 1 aromatic rings. The number of ether oxygens (including phenoxy) is 1. The van der Waals surface area contributed by atoms with Crippen molar-refractivity contribution in [1.82, 2.24) is 10.2 Å². The molecular weight excluding hydrogens is 389 g/mol. The molecule has 2 rings (SSSR count). The van der Waals surface area contributed by atoms with Crippen LogP contribution in [0.3, 0.4) is 0 Å². The molecule has 1 aliphatic rings. The van der Waals surface area contributed by atoms with E-state index in [1.165, 1.54) is 11.1 Å². The zero-order valence-electron chi connectivity index (χ0n) is 13.7. The van der Waals surface area contributed by atoms with Gasteiger partial charge in [-0.3, -0.25) is 4.99 Å². The summed E-state index contributed by atoms with van der Waals surface area (Å²) in [6.45, 7) is 9.44. The van der Waals surface area contributed by atoms with Crippen molar-refractivity contribution in [2.45, 2.75) is 33.2 Å². The zero-order chi connectivity index (χ0) is 14.9. The molecule has 0 atom stereocenters. The summed E-state index contributed by atoms with van der Waals surface area (Å²) in [5, 5.41) is 3.41. The zero-order valence-corrected chi connectivity index (χ0v) is 16.0. The molecule has 1 heterocycles. The highest BCUT2D eigenvalue weighted by molar-refractivity contribution is 14.0. The Labute approximate surface area is 151 Å². The van der Waals surface area contributed by atoms with E-state index in [9.17, 15) is 0 Å². The van der Waals surface area contributed by atoms with Crippen molar-refractivity contribution in [3.05, 3.63) is 35.4 Å². The van der Waals surface area contributed by atoms with Gasteiger partial charge in [0.1, 0.15) is 0 Å². The van der Waals surface area contributed by atoms with E-state index in [-0.39, 0.29) is 24.0 Å². The molecule has 22 heavy (non-hydrogen) atoms. The predicted octanol–water partition coefficient (Wildman–Crippen LogP) is 3.05.